The number of hydrogen-bond donors (Lipinski definition) is 1. The van der Waals surface area contributed by atoms with E-state index in [4.69, 9.17) is 11.6 Å². The zero-order chi connectivity index (χ0) is 19.2. The Morgan fingerprint density at radius 1 is 1.11 bits per heavy atom. The van der Waals surface area contributed by atoms with Gasteiger partial charge in [0.1, 0.15) is 5.82 Å². The van der Waals surface area contributed by atoms with Crippen LogP contribution in [0.5, 0.6) is 0 Å². The minimum atomic E-state index is -0.451. The molecule has 1 saturated heterocycles. The van der Waals surface area contributed by atoms with E-state index in [0.29, 0.717) is 31.6 Å². The molecular weight excluding hydrogens is 367 g/mol. The maximum absolute atomic E-state index is 13.1. The molecule has 0 saturated carbocycles. The number of anilines is 1. The topological polar surface area (TPSA) is 49.4 Å². The van der Waals surface area contributed by atoms with Gasteiger partial charge in [-0.2, -0.15) is 0 Å². The first-order valence-electron chi connectivity index (χ1n) is 8.81. The van der Waals surface area contributed by atoms with Crippen LogP contribution in [0.25, 0.3) is 6.08 Å². The molecule has 0 aromatic heterocycles. The number of likely N-dealkylation sites (tertiary alicyclic amines) is 1. The summed E-state index contributed by atoms with van der Waals surface area (Å²) in [5.41, 5.74) is 1.36. The summed E-state index contributed by atoms with van der Waals surface area (Å²) in [6.07, 6.45) is 4.51. The number of carbonyl (C=O) groups excluding carboxylic acids is 2. The van der Waals surface area contributed by atoms with Crippen LogP contribution < -0.4 is 5.32 Å². The van der Waals surface area contributed by atoms with Gasteiger partial charge in [0, 0.05) is 25.1 Å². The van der Waals surface area contributed by atoms with Gasteiger partial charge >= 0.3 is 0 Å². The Labute approximate surface area is 162 Å². The highest BCUT2D eigenvalue weighted by Gasteiger charge is 2.27. The Morgan fingerprint density at radius 3 is 2.48 bits per heavy atom. The first kappa shape index (κ1) is 19.1. The lowest BCUT2D eigenvalue weighted by molar-refractivity contribution is -0.130. The van der Waals surface area contributed by atoms with E-state index in [1.54, 1.807) is 17.1 Å². The lowest BCUT2D eigenvalue weighted by Gasteiger charge is -2.30. The van der Waals surface area contributed by atoms with Crippen LogP contribution in [-0.4, -0.2) is 29.8 Å². The number of benzene rings is 2. The molecule has 140 valence electrons. The van der Waals surface area contributed by atoms with Gasteiger partial charge in [0.15, 0.2) is 0 Å². The van der Waals surface area contributed by atoms with Crippen LogP contribution in [0.3, 0.4) is 0 Å². The van der Waals surface area contributed by atoms with Gasteiger partial charge in [0.2, 0.25) is 11.8 Å². The number of carbonyl (C=O) groups is 2. The van der Waals surface area contributed by atoms with E-state index in [0.717, 1.165) is 11.6 Å². The lowest BCUT2D eigenvalue weighted by atomic mass is 9.95. The van der Waals surface area contributed by atoms with Crippen LogP contribution in [0.1, 0.15) is 18.4 Å². The van der Waals surface area contributed by atoms with E-state index in [9.17, 15) is 14.0 Å². The van der Waals surface area contributed by atoms with Gasteiger partial charge in [-0.25, -0.2) is 4.39 Å². The summed E-state index contributed by atoms with van der Waals surface area (Å²) in [5.74, 6) is -0.864. The van der Waals surface area contributed by atoms with Crippen LogP contribution in [0, 0.1) is 11.7 Å². The highest BCUT2D eigenvalue weighted by molar-refractivity contribution is 6.33. The Kier molecular flexibility index (Phi) is 6.24. The standard InChI is InChI=1S/C21H20ClFN2O2/c22-18-14-17(23)7-8-19(18)24-21(27)16-10-12-25(13-11-16)20(26)9-6-15-4-2-1-3-5-15/h1-9,14,16H,10-13H2,(H,24,27). The van der Waals surface area contributed by atoms with Crippen LogP contribution in [-0.2, 0) is 9.59 Å². The summed E-state index contributed by atoms with van der Waals surface area (Å²) in [5, 5.41) is 2.91. The van der Waals surface area contributed by atoms with Crippen LogP contribution in [0.4, 0.5) is 10.1 Å². The molecule has 0 aliphatic carbocycles. The maximum atomic E-state index is 13.1. The molecule has 1 fully saturated rings. The van der Waals surface area contributed by atoms with E-state index in [1.807, 2.05) is 30.3 Å². The van der Waals surface area contributed by atoms with Gasteiger partial charge in [0.25, 0.3) is 0 Å². The summed E-state index contributed by atoms with van der Waals surface area (Å²) >= 11 is 5.95. The fourth-order valence-corrected chi connectivity index (χ4v) is 3.24. The molecule has 0 radical (unpaired) electrons. The molecule has 0 spiro atoms. The van der Waals surface area contributed by atoms with Gasteiger partial charge in [-0.1, -0.05) is 41.9 Å². The van der Waals surface area contributed by atoms with Crippen molar-refractivity contribution < 1.29 is 14.0 Å². The molecule has 2 aromatic carbocycles. The van der Waals surface area contributed by atoms with Crippen molar-refractivity contribution in [3.8, 4) is 0 Å². The summed E-state index contributed by atoms with van der Waals surface area (Å²) in [4.78, 5) is 26.5. The van der Waals surface area contributed by atoms with Crippen molar-refractivity contribution in [1.29, 1.82) is 0 Å². The number of halogens is 2. The number of nitrogens with zero attached hydrogens (tertiary/aromatic N) is 1. The third-order valence-corrected chi connectivity index (χ3v) is 4.90. The molecule has 0 bridgehead atoms. The van der Waals surface area contributed by atoms with E-state index in [2.05, 4.69) is 5.32 Å². The largest absolute Gasteiger partial charge is 0.339 e. The minimum absolute atomic E-state index is 0.0562. The number of piperidine rings is 1. The van der Waals surface area contributed by atoms with Crippen LogP contribution >= 0.6 is 11.6 Å². The summed E-state index contributed by atoms with van der Waals surface area (Å²) in [6, 6.07) is 13.5. The predicted octanol–water partition coefficient (Wildman–Crippen LogP) is 4.37. The second-order valence-corrected chi connectivity index (χ2v) is 6.86. The molecule has 1 N–H and O–H groups in total. The van der Waals surface area contributed by atoms with E-state index >= 15 is 0 Å². The Balaban J connectivity index is 1.51. The number of amides is 2. The molecule has 4 nitrogen and oxygen atoms in total. The Bertz CT molecular complexity index is 847. The molecule has 1 heterocycles. The maximum Gasteiger partial charge on any atom is 0.246 e. The highest BCUT2D eigenvalue weighted by Crippen LogP contribution is 2.25. The second-order valence-electron chi connectivity index (χ2n) is 6.46. The normalized spacial score (nSPS) is 15.1. The second kappa shape index (κ2) is 8.82. The van der Waals surface area contributed by atoms with E-state index in [1.165, 1.54) is 12.1 Å². The third-order valence-electron chi connectivity index (χ3n) is 4.58. The van der Waals surface area contributed by atoms with Crippen molar-refractivity contribution in [2.75, 3.05) is 18.4 Å². The van der Waals surface area contributed by atoms with Crippen LogP contribution in [0.15, 0.2) is 54.6 Å². The van der Waals surface area contributed by atoms with Crippen molar-refractivity contribution in [1.82, 2.24) is 4.90 Å². The molecule has 2 amide bonds. The van der Waals surface area contributed by atoms with Gasteiger partial charge in [-0.3, -0.25) is 9.59 Å². The Morgan fingerprint density at radius 2 is 1.81 bits per heavy atom. The molecule has 1 aliphatic rings. The molecule has 0 unspecified atom stereocenters. The lowest BCUT2D eigenvalue weighted by Crippen LogP contribution is -2.40. The smallest absolute Gasteiger partial charge is 0.246 e. The number of nitrogens with one attached hydrogen (secondary N) is 1. The van der Waals surface area contributed by atoms with Crippen molar-refractivity contribution in [3.05, 3.63) is 71.0 Å². The zero-order valence-corrected chi connectivity index (χ0v) is 15.5. The van der Waals surface area contributed by atoms with Gasteiger partial charge in [0.05, 0.1) is 10.7 Å². The van der Waals surface area contributed by atoms with Gasteiger partial charge < -0.3 is 10.2 Å². The van der Waals surface area contributed by atoms with E-state index in [-0.39, 0.29) is 22.8 Å². The fourth-order valence-electron chi connectivity index (χ4n) is 3.02. The number of hydrogen-bond acceptors (Lipinski definition) is 2. The summed E-state index contributed by atoms with van der Waals surface area (Å²) < 4.78 is 13.1. The van der Waals surface area contributed by atoms with Gasteiger partial charge in [-0.15, -0.1) is 0 Å². The molecule has 2 aromatic rings. The first-order chi connectivity index (χ1) is 13.0. The quantitative estimate of drug-likeness (QED) is 0.793. The van der Waals surface area contributed by atoms with Gasteiger partial charge in [-0.05, 0) is 42.7 Å². The third kappa shape index (κ3) is 5.17. The Hall–Kier alpha value is -2.66. The molecule has 27 heavy (non-hydrogen) atoms. The molecule has 3 rings (SSSR count). The summed E-state index contributed by atoms with van der Waals surface area (Å²) in [7, 11) is 0. The van der Waals surface area contributed by atoms with Crippen molar-refractivity contribution in [2.45, 2.75) is 12.8 Å². The monoisotopic (exact) mass is 386 g/mol. The molecule has 1 aliphatic heterocycles. The van der Waals surface area contributed by atoms with Crippen LogP contribution in [0.2, 0.25) is 5.02 Å². The molecular formula is C21H20ClFN2O2. The van der Waals surface area contributed by atoms with E-state index < -0.39 is 5.82 Å². The average molecular weight is 387 g/mol. The molecule has 6 heteroatoms. The average Bonchev–Trinajstić information content (AvgIpc) is 2.69. The van der Waals surface area contributed by atoms with Crippen molar-refractivity contribution in [2.24, 2.45) is 5.92 Å². The number of rotatable bonds is 4. The van der Waals surface area contributed by atoms with Crippen molar-refractivity contribution >= 4 is 35.2 Å². The summed E-state index contributed by atoms with van der Waals surface area (Å²) in [6.45, 7) is 1.04. The minimum Gasteiger partial charge on any atom is -0.339 e. The highest BCUT2D eigenvalue weighted by atomic mass is 35.5. The fraction of sp³-hybridized carbons (Fsp3) is 0.238. The predicted molar refractivity (Wildman–Crippen MR) is 105 cm³/mol. The van der Waals surface area contributed by atoms with Crippen molar-refractivity contribution in [3.63, 3.8) is 0 Å². The zero-order valence-electron chi connectivity index (χ0n) is 14.7. The first-order valence-corrected chi connectivity index (χ1v) is 9.18. The SMILES string of the molecule is O=C(Nc1ccc(F)cc1Cl)C1CCN(C(=O)C=Cc2ccccc2)CC1. The molecule has 0 atom stereocenters.